The molecular weight excluding hydrogens is 200 g/mol. The minimum Gasteiger partial charge on any atom is -0.352 e. The molecule has 0 atom stereocenters. The van der Waals surface area contributed by atoms with Gasteiger partial charge in [0.2, 0.25) is 5.91 Å². The van der Waals surface area contributed by atoms with Crippen LogP contribution in [0.4, 0.5) is 0 Å². The Hall–Kier alpha value is -0.570. The van der Waals surface area contributed by atoms with Crippen LogP contribution in [0.15, 0.2) is 0 Å². The first-order valence-electron chi connectivity index (χ1n) is 6.55. The summed E-state index contributed by atoms with van der Waals surface area (Å²) in [5.74, 6) is 0.191. The number of hydrogen-bond donors (Lipinski definition) is 2. The van der Waals surface area contributed by atoms with E-state index in [9.17, 15) is 4.79 Å². The fourth-order valence-corrected chi connectivity index (χ4v) is 2.55. The third-order valence-electron chi connectivity index (χ3n) is 3.13. The lowest BCUT2D eigenvalue weighted by molar-refractivity contribution is -0.130. The topological polar surface area (TPSA) is 41.1 Å². The molecule has 1 aliphatic carbocycles. The van der Waals surface area contributed by atoms with Gasteiger partial charge in [-0.2, -0.15) is 0 Å². The second-order valence-electron chi connectivity index (χ2n) is 5.57. The molecule has 2 N–H and O–H groups in total. The highest BCUT2D eigenvalue weighted by atomic mass is 16.2. The van der Waals surface area contributed by atoms with Crippen LogP contribution in [-0.4, -0.2) is 23.5 Å². The maximum atomic E-state index is 12.3. The highest BCUT2D eigenvalue weighted by Crippen LogP contribution is 2.29. The zero-order valence-electron chi connectivity index (χ0n) is 11.1. The number of nitrogens with one attached hydrogen (secondary N) is 2. The maximum absolute atomic E-state index is 12.3. The van der Waals surface area contributed by atoms with E-state index in [-0.39, 0.29) is 17.5 Å². The van der Waals surface area contributed by atoms with Crippen molar-refractivity contribution in [1.82, 2.24) is 10.6 Å². The van der Waals surface area contributed by atoms with Crippen molar-refractivity contribution in [3.63, 3.8) is 0 Å². The zero-order valence-corrected chi connectivity index (χ0v) is 11.1. The molecule has 1 amide bonds. The second-order valence-corrected chi connectivity index (χ2v) is 5.57. The van der Waals surface area contributed by atoms with Gasteiger partial charge in [0.05, 0.1) is 5.54 Å². The third kappa shape index (κ3) is 3.48. The first kappa shape index (κ1) is 13.5. The summed E-state index contributed by atoms with van der Waals surface area (Å²) >= 11 is 0. The quantitative estimate of drug-likeness (QED) is 0.771. The molecular formula is C13H26N2O. The lowest BCUT2D eigenvalue weighted by atomic mass is 9.80. The molecule has 16 heavy (non-hydrogen) atoms. The Bertz CT molecular complexity index is 230. The van der Waals surface area contributed by atoms with Gasteiger partial charge in [-0.3, -0.25) is 4.79 Å². The summed E-state index contributed by atoms with van der Waals surface area (Å²) in [5, 5.41) is 6.55. The van der Waals surface area contributed by atoms with E-state index in [0.29, 0.717) is 6.04 Å². The van der Waals surface area contributed by atoms with Crippen molar-refractivity contribution in [2.24, 2.45) is 0 Å². The van der Waals surface area contributed by atoms with Gasteiger partial charge in [0.15, 0.2) is 0 Å². The Labute approximate surface area is 99.4 Å². The van der Waals surface area contributed by atoms with Crippen LogP contribution in [-0.2, 0) is 4.79 Å². The smallest absolute Gasteiger partial charge is 0.240 e. The van der Waals surface area contributed by atoms with Gasteiger partial charge < -0.3 is 10.6 Å². The molecule has 1 saturated carbocycles. The molecule has 0 aromatic rings. The van der Waals surface area contributed by atoms with E-state index in [0.717, 1.165) is 25.7 Å². The van der Waals surface area contributed by atoms with E-state index in [4.69, 9.17) is 0 Å². The number of carbonyl (C=O) groups is 1. The predicted octanol–water partition coefficient (Wildman–Crippen LogP) is 2.21. The lowest BCUT2D eigenvalue weighted by Gasteiger charge is -2.38. The van der Waals surface area contributed by atoms with Crippen molar-refractivity contribution in [2.45, 2.75) is 77.4 Å². The molecule has 0 aliphatic heterocycles. The van der Waals surface area contributed by atoms with Gasteiger partial charge >= 0.3 is 0 Å². The van der Waals surface area contributed by atoms with Crippen LogP contribution in [0.3, 0.4) is 0 Å². The van der Waals surface area contributed by atoms with E-state index in [1.807, 2.05) is 13.8 Å². The normalized spacial score (nSPS) is 20.1. The van der Waals surface area contributed by atoms with Gasteiger partial charge in [-0.25, -0.2) is 0 Å². The second kappa shape index (κ2) is 5.67. The van der Waals surface area contributed by atoms with Crippen molar-refractivity contribution >= 4 is 5.91 Å². The monoisotopic (exact) mass is 226 g/mol. The Balaban J connectivity index is 2.72. The van der Waals surface area contributed by atoms with Crippen molar-refractivity contribution in [1.29, 1.82) is 0 Å². The summed E-state index contributed by atoms with van der Waals surface area (Å²) < 4.78 is 0. The highest BCUT2D eigenvalue weighted by molar-refractivity contribution is 5.86. The van der Waals surface area contributed by atoms with Crippen molar-refractivity contribution < 1.29 is 4.79 Å². The fourth-order valence-electron chi connectivity index (χ4n) is 2.55. The predicted molar refractivity (Wildman–Crippen MR) is 67.4 cm³/mol. The average molecular weight is 226 g/mol. The van der Waals surface area contributed by atoms with Gasteiger partial charge in [-0.1, -0.05) is 19.3 Å². The minimum absolute atomic E-state index is 0.191. The number of rotatable bonds is 4. The van der Waals surface area contributed by atoms with Crippen LogP contribution < -0.4 is 10.6 Å². The number of carbonyl (C=O) groups excluding carboxylic acids is 1. The first-order valence-corrected chi connectivity index (χ1v) is 6.55. The van der Waals surface area contributed by atoms with Gasteiger partial charge in [-0.05, 0) is 40.5 Å². The lowest BCUT2D eigenvalue weighted by Crippen LogP contribution is -2.60. The van der Waals surface area contributed by atoms with Crippen LogP contribution in [0.5, 0.6) is 0 Å². The van der Waals surface area contributed by atoms with Crippen LogP contribution in [0.2, 0.25) is 0 Å². The number of amides is 1. The van der Waals surface area contributed by atoms with Crippen molar-refractivity contribution in [2.75, 3.05) is 0 Å². The Kier molecular flexibility index (Phi) is 4.78. The Morgan fingerprint density at radius 3 is 2.00 bits per heavy atom. The SMILES string of the molecule is CC(C)NC(=O)C1(NC(C)C)CCCCC1. The van der Waals surface area contributed by atoms with Gasteiger partial charge in [-0.15, -0.1) is 0 Å². The summed E-state index contributed by atoms with van der Waals surface area (Å²) in [4.78, 5) is 12.3. The summed E-state index contributed by atoms with van der Waals surface area (Å²) in [6.45, 7) is 8.26. The Morgan fingerprint density at radius 2 is 1.56 bits per heavy atom. The molecule has 94 valence electrons. The van der Waals surface area contributed by atoms with E-state index < -0.39 is 0 Å². The molecule has 1 rings (SSSR count). The van der Waals surface area contributed by atoms with Crippen molar-refractivity contribution in [3.05, 3.63) is 0 Å². The van der Waals surface area contributed by atoms with Gasteiger partial charge in [0, 0.05) is 12.1 Å². The van der Waals surface area contributed by atoms with Crippen LogP contribution in [0, 0.1) is 0 Å². The zero-order chi connectivity index (χ0) is 12.2. The standard InChI is InChI=1S/C13H26N2O/c1-10(2)14-12(16)13(15-11(3)4)8-6-5-7-9-13/h10-11,15H,5-9H2,1-4H3,(H,14,16). The molecule has 0 unspecified atom stereocenters. The molecule has 3 heteroatoms. The Morgan fingerprint density at radius 1 is 1.00 bits per heavy atom. The molecule has 0 aromatic carbocycles. The molecule has 0 aromatic heterocycles. The average Bonchev–Trinajstić information content (AvgIpc) is 2.16. The van der Waals surface area contributed by atoms with E-state index >= 15 is 0 Å². The van der Waals surface area contributed by atoms with E-state index in [1.54, 1.807) is 0 Å². The molecule has 1 aliphatic rings. The number of hydrogen-bond acceptors (Lipinski definition) is 2. The van der Waals surface area contributed by atoms with Gasteiger partial charge in [0.25, 0.3) is 0 Å². The molecule has 0 bridgehead atoms. The van der Waals surface area contributed by atoms with Crippen LogP contribution >= 0.6 is 0 Å². The summed E-state index contributed by atoms with van der Waals surface area (Å²) in [6.07, 6.45) is 5.53. The summed E-state index contributed by atoms with van der Waals surface area (Å²) in [6, 6.07) is 0.580. The maximum Gasteiger partial charge on any atom is 0.240 e. The highest BCUT2D eigenvalue weighted by Gasteiger charge is 2.39. The molecule has 1 fully saturated rings. The third-order valence-corrected chi connectivity index (χ3v) is 3.13. The minimum atomic E-state index is -0.309. The van der Waals surface area contributed by atoms with E-state index in [2.05, 4.69) is 24.5 Å². The fraction of sp³-hybridized carbons (Fsp3) is 0.923. The molecule has 0 heterocycles. The molecule has 0 radical (unpaired) electrons. The van der Waals surface area contributed by atoms with Gasteiger partial charge in [0.1, 0.15) is 0 Å². The largest absolute Gasteiger partial charge is 0.352 e. The van der Waals surface area contributed by atoms with Crippen LogP contribution in [0.25, 0.3) is 0 Å². The molecule has 0 saturated heterocycles. The molecule has 3 nitrogen and oxygen atoms in total. The molecule has 0 spiro atoms. The van der Waals surface area contributed by atoms with Crippen molar-refractivity contribution in [3.8, 4) is 0 Å². The van der Waals surface area contributed by atoms with E-state index in [1.165, 1.54) is 6.42 Å². The summed E-state index contributed by atoms with van der Waals surface area (Å²) in [5.41, 5.74) is -0.309. The first-order chi connectivity index (χ1) is 7.46. The van der Waals surface area contributed by atoms with Crippen LogP contribution in [0.1, 0.15) is 59.8 Å². The summed E-state index contributed by atoms with van der Waals surface area (Å²) in [7, 11) is 0.